The van der Waals surface area contributed by atoms with Crippen molar-refractivity contribution in [3.05, 3.63) is 83.1 Å². The van der Waals surface area contributed by atoms with E-state index in [0.29, 0.717) is 38.2 Å². The third kappa shape index (κ3) is 6.12. The Balaban J connectivity index is 1.39. The molecular weight excluding hydrogens is 509 g/mol. The standard InChI is InChI=1S/C29H29F3N4O3/c1-16-10-17(12-18(33)11-16)21-4-7-34-15-26(21)36-29(37)25-3-2-22(30)28(35-25)27-23(31)13-20(14-24(27)32)39-19-5-8-38-9-6-19/h2-4,7,11,13-15,17-19H,5-6,8-10,12,33H2,1H3,(H,36,37)/t17-,18+/m1/s1. The maximum atomic E-state index is 15.1. The quantitative estimate of drug-likeness (QED) is 0.401. The minimum absolute atomic E-state index is 0.00780. The van der Waals surface area contributed by atoms with Gasteiger partial charge in [0.05, 0.1) is 30.7 Å². The van der Waals surface area contributed by atoms with Gasteiger partial charge in [-0.15, -0.1) is 0 Å². The molecule has 5 rings (SSSR count). The summed E-state index contributed by atoms with van der Waals surface area (Å²) in [5.41, 5.74) is 7.15. The van der Waals surface area contributed by atoms with Gasteiger partial charge in [0.15, 0.2) is 0 Å². The lowest BCUT2D eigenvalue weighted by atomic mass is 9.82. The van der Waals surface area contributed by atoms with E-state index >= 15 is 8.78 Å². The average molecular weight is 539 g/mol. The number of ether oxygens (including phenoxy) is 2. The molecule has 1 saturated heterocycles. The van der Waals surface area contributed by atoms with Crippen LogP contribution in [0.25, 0.3) is 11.3 Å². The second kappa shape index (κ2) is 11.5. The van der Waals surface area contributed by atoms with E-state index in [4.69, 9.17) is 15.2 Å². The number of pyridine rings is 2. The third-order valence-corrected chi connectivity index (χ3v) is 6.97. The molecule has 204 valence electrons. The molecule has 3 N–H and O–H groups in total. The number of nitrogens with one attached hydrogen (secondary N) is 1. The Morgan fingerprint density at radius 1 is 1.10 bits per heavy atom. The average Bonchev–Trinajstić information content (AvgIpc) is 2.89. The molecule has 1 amide bonds. The molecule has 3 heterocycles. The van der Waals surface area contributed by atoms with Gasteiger partial charge < -0.3 is 20.5 Å². The number of nitrogens with two attached hydrogens (primary N) is 1. The molecule has 10 heteroatoms. The van der Waals surface area contributed by atoms with E-state index in [1.54, 1.807) is 6.20 Å². The number of hydrogen-bond acceptors (Lipinski definition) is 6. The number of halogens is 3. The molecule has 3 aromatic rings. The topological polar surface area (TPSA) is 99.4 Å². The van der Waals surface area contributed by atoms with Crippen LogP contribution in [0.5, 0.6) is 5.75 Å². The van der Waals surface area contributed by atoms with Crippen molar-refractivity contribution in [3.63, 3.8) is 0 Å². The monoisotopic (exact) mass is 538 g/mol. The van der Waals surface area contributed by atoms with Gasteiger partial charge in [-0.2, -0.15) is 0 Å². The highest BCUT2D eigenvalue weighted by atomic mass is 19.1. The van der Waals surface area contributed by atoms with E-state index in [1.807, 2.05) is 19.1 Å². The largest absolute Gasteiger partial charge is 0.490 e. The minimum Gasteiger partial charge on any atom is -0.490 e. The van der Waals surface area contributed by atoms with Crippen molar-refractivity contribution in [3.8, 4) is 17.0 Å². The molecular formula is C29H29F3N4O3. The van der Waals surface area contributed by atoms with Gasteiger partial charge in [0.1, 0.15) is 40.7 Å². The third-order valence-electron chi connectivity index (χ3n) is 6.97. The van der Waals surface area contributed by atoms with Gasteiger partial charge in [-0.3, -0.25) is 9.78 Å². The van der Waals surface area contributed by atoms with Gasteiger partial charge in [0.2, 0.25) is 0 Å². The Morgan fingerprint density at radius 3 is 2.56 bits per heavy atom. The number of benzene rings is 1. The van der Waals surface area contributed by atoms with Crippen molar-refractivity contribution in [2.45, 2.75) is 50.7 Å². The van der Waals surface area contributed by atoms with E-state index in [0.717, 1.165) is 41.8 Å². The first-order valence-corrected chi connectivity index (χ1v) is 12.9. The highest BCUT2D eigenvalue weighted by Crippen LogP contribution is 2.36. The number of carbonyl (C=O) groups is 1. The van der Waals surface area contributed by atoms with Gasteiger partial charge in [-0.1, -0.05) is 11.6 Å². The first kappa shape index (κ1) is 26.8. The van der Waals surface area contributed by atoms with Crippen LogP contribution < -0.4 is 15.8 Å². The fourth-order valence-corrected chi connectivity index (χ4v) is 5.17. The number of allylic oxidation sites excluding steroid dienone is 1. The second-order valence-electron chi connectivity index (χ2n) is 9.95. The van der Waals surface area contributed by atoms with Crippen molar-refractivity contribution < 1.29 is 27.4 Å². The molecule has 39 heavy (non-hydrogen) atoms. The smallest absolute Gasteiger partial charge is 0.274 e. The van der Waals surface area contributed by atoms with Crippen molar-refractivity contribution in [1.29, 1.82) is 0 Å². The van der Waals surface area contributed by atoms with Crippen LogP contribution in [-0.2, 0) is 4.74 Å². The minimum atomic E-state index is -1.05. The summed E-state index contributed by atoms with van der Waals surface area (Å²) in [5, 5.41) is 2.77. The molecule has 1 fully saturated rings. The van der Waals surface area contributed by atoms with E-state index in [-0.39, 0.29) is 29.5 Å². The summed E-state index contributed by atoms with van der Waals surface area (Å²) in [6, 6.07) is 5.83. The molecule has 7 nitrogen and oxygen atoms in total. The Hall–Kier alpha value is -3.76. The molecule has 1 aliphatic carbocycles. The second-order valence-corrected chi connectivity index (χ2v) is 9.95. The summed E-state index contributed by atoms with van der Waals surface area (Å²) in [7, 11) is 0. The van der Waals surface area contributed by atoms with Crippen LogP contribution in [0.15, 0.2) is 54.4 Å². The van der Waals surface area contributed by atoms with Gasteiger partial charge in [0, 0.05) is 37.2 Å². The summed E-state index contributed by atoms with van der Waals surface area (Å²) in [4.78, 5) is 21.3. The van der Waals surface area contributed by atoms with Gasteiger partial charge in [-0.05, 0) is 49.4 Å². The normalized spacial score (nSPS) is 19.9. The molecule has 1 aromatic carbocycles. The zero-order chi connectivity index (χ0) is 27.5. The SMILES string of the molecule is CC1=C[C@H](N)C[C@H](c2ccncc2NC(=O)c2ccc(F)c(-c3c(F)cc(OC4CCOCC4)cc3F)n2)C1. The Labute approximate surface area is 224 Å². The summed E-state index contributed by atoms with van der Waals surface area (Å²) in [5.74, 6) is -3.67. The molecule has 0 radical (unpaired) electrons. The lowest BCUT2D eigenvalue weighted by Gasteiger charge is -2.27. The highest BCUT2D eigenvalue weighted by molar-refractivity contribution is 6.03. The van der Waals surface area contributed by atoms with Gasteiger partial charge in [0.25, 0.3) is 5.91 Å². The highest BCUT2D eigenvalue weighted by Gasteiger charge is 2.25. The van der Waals surface area contributed by atoms with Crippen LogP contribution in [-0.4, -0.2) is 41.2 Å². The molecule has 2 aliphatic rings. The number of rotatable bonds is 6. The fourth-order valence-electron chi connectivity index (χ4n) is 5.17. The maximum absolute atomic E-state index is 15.1. The van der Waals surface area contributed by atoms with Gasteiger partial charge in [-0.25, -0.2) is 18.2 Å². The Morgan fingerprint density at radius 2 is 1.85 bits per heavy atom. The van der Waals surface area contributed by atoms with E-state index < -0.39 is 34.6 Å². The zero-order valence-corrected chi connectivity index (χ0v) is 21.4. The van der Waals surface area contributed by atoms with E-state index in [9.17, 15) is 9.18 Å². The molecule has 0 spiro atoms. The van der Waals surface area contributed by atoms with E-state index in [1.165, 1.54) is 6.20 Å². The molecule has 2 atom stereocenters. The molecule has 0 unspecified atom stereocenters. The fraction of sp³-hybridized carbons (Fsp3) is 0.345. The lowest BCUT2D eigenvalue weighted by molar-refractivity contribution is 0.0253. The van der Waals surface area contributed by atoms with Crippen LogP contribution in [0.1, 0.15) is 54.6 Å². The molecule has 2 aromatic heterocycles. The molecule has 0 bridgehead atoms. The summed E-state index contributed by atoms with van der Waals surface area (Å²) >= 11 is 0. The van der Waals surface area contributed by atoms with Crippen LogP contribution in [0.2, 0.25) is 0 Å². The Kier molecular flexibility index (Phi) is 7.94. The van der Waals surface area contributed by atoms with Gasteiger partial charge >= 0.3 is 0 Å². The van der Waals surface area contributed by atoms with Crippen molar-refractivity contribution >= 4 is 11.6 Å². The maximum Gasteiger partial charge on any atom is 0.274 e. The Bertz CT molecular complexity index is 1390. The first-order valence-electron chi connectivity index (χ1n) is 12.9. The van der Waals surface area contributed by atoms with Crippen molar-refractivity contribution in [2.75, 3.05) is 18.5 Å². The number of aromatic nitrogens is 2. The van der Waals surface area contributed by atoms with Crippen molar-refractivity contribution in [2.24, 2.45) is 5.73 Å². The first-order chi connectivity index (χ1) is 18.8. The van der Waals surface area contributed by atoms with Crippen LogP contribution in [0.3, 0.4) is 0 Å². The summed E-state index contributed by atoms with van der Waals surface area (Å²) < 4.78 is 55.8. The number of nitrogens with zero attached hydrogens (tertiary/aromatic N) is 2. The number of carbonyl (C=O) groups excluding carboxylic acids is 1. The summed E-state index contributed by atoms with van der Waals surface area (Å²) in [6.07, 6.45) is 7.64. The lowest BCUT2D eigenvalue weighted by Crippen LogP contribution is -2.26. The van der Waals surface area contributed by atoms with Crippen LogP contribution in [0.4, 0.5) is 18.9 Å². The predicted molar refractivity (Wildman–Crippen MR) is 140 cm³/mol. The van der Waals surface area contributed by atoms with Crippen LogP contribution in [0, 0.1) is 17.5 Å². The summed E-state index contributed by atoms with van der Waals surface area (Å²) in [6.45, 7) is 3.02. The van der Waals surface area contributed by atoms with E-state index in [2.05, 4.69) is 15.3 Å². The molecule has 0 saturated carbocycles. The van der Waals surface area contributed by atoms with Crippen molar-refractivity contribution in [1.82, 2.24) is 9.97 Å². The predicted octanol–water partition coefficient (Wildman–Crippen LogP) is 5.52. The zero-order valence-electron chi connectivity index (χ0n) is 21.4. The number of anilines is 1. The molecule has 1 aliphatic heterocycles. The van der Waals surface area contributed by atoms with Crippen LogP contribution >= 0.6 is 0 Å². The number of hydrogen-bond donors (Lipinski definition) is 2. The number of amides is 1.